The Morgan fingerprint density at radius 2 is 1.83 bits per heavy atom. The fourth-order valence-electron chi connectivity index (χ4n) is 2.89. The van der Waals surface area contributed by atoms with Gasteiger partial charge < -0.3 is 9.64 Å². The average Bonchev–Trinajstić information content (AvgIpc) is 2.62. The first-order valence-corrected chi connectivity index (χ1v) is 8.93. The molecule has 1 aliphatic rings. The smallest absolute Gasteiger partial charge is 0.257 e. The van der Waals surface area contributed by atoms with E-state index in [0.29, 0.717) is 6.54 Å². The molecule has 1 heterocycles. The number of halogens is 1. The molecule has 5 heteroatoms. The molecular formula is C18H18ClNO2S. The fraction of sp³-hybridized carbons (Fsp3) is 0.278. The molecule has 23 heavy (non-hydrogen) atoms. The molecule has 0 radical (unpaired) electrons. The van der Waals surface area contributed by atoms with Crippen molar-refractivity contribution in [2.45, 2.75) is 16.8 Å². The van der Waals surface area contributed by atoms with Gasteiger partial charge in [-0.3, -0.25) is 4.79 Å². The van der Waals surface area contributed by atoms with E-state index in [4.69, 9.17) is 16.3 Å². The molecule has 0 aromatic heterocycles. The molecule has 0 aliphatic carbocycles. The molecule has 0 spiro atoms. The molecular weight excluding hydrogens is 330 g/mol. The van der Waals surface area contributed by atoms with E-state index in [1.807, 2.05) is 65.8 Å². The van der Waals surface area contributed by atoms with Crippen LogP contribution >= 0.6 is 23.4 Å². The summed E-state index contributed by atoms with van der Waals surface area (Å²) in [5, 5.41) is 0. The number of thioether (sulfide) groups is 1. The van der Waals surface area contributed by atoms with Gasteiger partial charge in [-0.25, -0.2) is 0 Å². The minimum Gasteiger partial charge on any atom is -0.497 e. The van der Waals surface area contributed by atoms with Crippen molar-refractivity contribution in [2.24, 2.45) is 0 Å². The molecule has 2 aromatic carbocycles. The van der Waals surface area contributed by atoms with Gasteiger partial charge in [-0.15, -0.1) is 11.8 Å². The number of nitrogens with zero attached hydrogens (tertiary/aromatic N) is 1. The Labute approximate surface area is 145 Å². The number of hydrogen-bond acceptors (Lipinski definition) is 3. The zero-order chi connectivity index (χ0) is 16.4. The van der Waals surface area contributed by atoms with E-state index >= 15 is 0 Å². The molecule has 1 fully saturated rings. The molecule has 3 rings (SSSR count). The Kier molecular flexibility index (Phi) is 4.55. The highest BCUT2D eigenvalue weighted by Gasteiger charge is 2.60. The molecule has 0 saturated carbocycles. The lowest BCUT2D eigenvalue weighted by Gasteiger charge is -2.52. The molecule has 1 aliphatic heterocycles. The standard InChI is InChI=1S/C18H18ClNO2S/c1-22-15-10-8-14(9-11-15)16-18(19,23-2)17(21)20(16)12-13-6-4-3-5-7-13/h3-11,16H,12H2,1-2H3/t16-,18+/m1/s1. The van der Waals surface area contributed by atoms with Crippen LogP contribution in [0.2, 0.25) is 0 Å². The summed E-state index contributed by atoms with van der Waals surface area (Å²) >= 11 is 8.01. The normalized spacial score (nSPS) is 23.5. The van der Waals surface area contributed by atoms with E-state index in [2.05, 4.69) is 0 Å². The third-order valence-corrected chi connectivity index (χ3v) is 5.96. The highest BCUT2D eigenvalue weighted by molar-refractivity contribution is 8.02. The average molecular weight is 348 g/mol. The lowest BCUT2D eigenvalue weighted by molar-refractivity contribution is -0.148. The van der Waals surface area contributed by atoms with E-state index in [-0.39, 0.29) is 11.9 Å². The summed E-state index contributed by atoms with van der Waals surface area (Å²) in [6.45, 7) is 0.561. The summed E-state index contributed by atoms with van der Waals surface area (Å²) < 4.78 is 4.28. The highest BCUT2D eigenvalue weighted by Crippen LogP contribution is 2.54. The molecule has 2 aromatic rings. The van der Waals surface area contributed by atoms with Crippen LogP contribution in [0.1, 0.15) is 17.2 Å². The second-order valence-corrected chi connectivity index (χ2v) is 7.32. The van der Waals surface area contributed by atoms with Crippen LogP contribution in [0.15, 0.2) is 54.6 Å². The Bertz CT molecular complexity index is 692. The Morgan fingerprint density at radius 3 is 2.39 bits per heavy atom. The van der Waals surface area contributed by atoms with Gasteiger partial charge in [-0.1, -0.05) is 54.1 Å². The number of β-lactam (4-membered cyclic amide) rings is 1. The van der Waals surface area contributed by atoms with Gasteiger partial charge in [-0.05, 0) is 29.5 Å². The maximum absolute atomic E-state index is 12.6. The van der Waals surface area contributed by atoms with Crippen molar-refractivity contribution in [3.8, 4) is 5.75 Å². The van der Waals surface area contributed by atoms with Gasteiger partial charge in [0.2, 0.25) is 0 Å². The van der Waals surface area contributed by atoms with Crippen LogP contribution in [0.5, 0.6) is 5.75 Å². The number of hydrogen-bond donors (Lipinski definition) is 0. The Hall–Kier alpha value is -1.65. The molecule has 0 N–H and O–H groups in total. The quantitative estimate of drug-likeness (QED) is 0.603. The number of ether oxygens (including phenoxy) is 1. The van der Waals surface area contributed by atoms with Gasteiger partial charge in [-0.2, -0.15) is 0 Å². The van der Waals surface area contributed by atoms with Gasteiger partial charge in [0, 0.05) is 6.54 Å². The van der Waals surface area contributed by atoms with Gasteiger partial charge in [0.1, 0.15) is 5.75 Å². The lowest BCUT2D eigenvalue weighted by Crippen LogP contribution is -2.62. The molecule has 0 unspecified atom stereocenters. The predicted molar refractivity (Wildman–Crippen MR) is 94.8 cm³/mol. The van der Waals surface area contributed by atoms with Gasteiger partial charge in [0.15, 0.2) is 4.21 Å². The summed E-state index contributed by atoms with van der Waals surface area (Å²) in [4.78, 5) is 14.4. The van der Waals surface area contributed by atoms with Crippen molar-refractivity contribution < 1.29 is 9.53 Å². The van der Waals surface area contributed by atoms with Crippen molar-refractivity contribution >= 4 is 29.3 Å². The topological polar surface area (TPSA) is 29.5 Å². The van der Waals surface area contributed by atoms with E-state index in [1.165, 1.54) is 11.8 Å². The van der Waals surface area contributed by atoms with Crippen molar-refractivity contribution in [3.63, 3.8) is 0 Å². The summed E-state index contributed by atoms with van der Waals surface area (Å²) in [6.07, 6.45) is 1.88. The second-order valence-electron chi connectivity index (χ2n) is 5.44. The third-order valence-electron chi connectivity index (χ3n) is 4.14. The first kappa shape index (κ1) is 16.2. The number of likely N-dealkylation sites (tertiary alicyclic amines) is 1. The molecule has 1 saturated heterocycles. The van der Waals surface area contributed by atoms with Crippen LogP contribution in [-0.2, 0) is 11.3 Å². The minimum absolute atomic E-state index is 0.0312. The number of rotatable bonds is 5. The summed E-state index contributed by atoms with van der Waals surface area (Å²) in [7, 11) is 1.64. The number of carbonyl (C=O) groups is 1. The maximum atomic E-state index is 12.6. The van der Waals surface area contributed by atoms with Gasteiger partial charge in [0.05, 0.1) is 13.2 Å². The Morgan fingerprint density at radius 1 is 1.17 bits per heavy atom. The molecule has 3 nitrogen and oxygen atoms in total. The summed E-state index contributed by atoms with van der Waals surface area (Å²) in [6, 6.07) is 17.6. The van der Waals surface area contributed by atoms with E-state index in [9.17, 15) is 4.79 Å². The van der Waals surface area contributed by atoms with Crippen molar-refractivity contribution in [3.05, 3.63) is 65.7 Å². The zero-order valence-corrected chi connectivity index (χ0v) is 14.6. The SMILES string of the molecule is COc1ccc([C@H]2N(Cc3ccccc3)C(=O)[C@@]2(Cl)SC)cc1. The van der Waals surface area contributed by atoms with Crippen molar-refractivity contribution in [1.29, 1.82) is 0 Å². The first-order chi connectivity index (χ1) is 11.1. The predicted octanol–water partition coefficient (Wildman–Crippen LogP) is 4.08. The first-order valence-electron chi connectivity index (χ1n) is 7.33. The number of methoxy groups -OCH3 is 1. The van der Waals surface area contributed by atoms with Crippen LogP contribution in [0.4, 0.5) is 0 Å². The van der Waals surface area contributed by atoms with Crippen LogP contribution in [0, 0.1) is 0 Å². The van der Waals surface area contributed by atoms with E-state index in [0.717, 1.165) is 16.9 Å². The van der Waals surface area contributed by atoms with Gasteiger partial charge >= 0.3 is 0 Å². The zero-order valence-electron chi connectivity index (χ0n) is 13.0. The molecule has 2 atom stereocenters. The van der Waals surface area contributed by atoms with Crippen LogP contribution < -0.4 is 4.74 Å². The second kappa shape index (κ2) is 6.46. The fourth-order valence-corrected chi connectivity index (χ4v) is 4.02. The Balaban J connectivity index is 1.90. The number of benzene rings is 2. The van der Waals surface area contributed by atoms with Crippen LogP contribution in [0.25, 0.3) is 0 Å². The summed E-state index contributed by atoms with van der Waals surface area (Å²) in [5.74, 6) is 0.759. The molecule has 120 valence electrons. The minimum atomic E-state index is -0.927. The number of amides is 1. The lowest BCUT2D eigenvalue weighted by atomic mass is 9.91. The van der Waals surface area contributed by atoms with Crippen molar-refractivity contribution in [1.82, 2.24) is 4.90 Å². The largest absolute Gasteiger partial charge is 0.497 e. The maximum Gasteiger partial charge on any atom is 0.257 e. The highest BCUT2D eigenvalue weighted by atomic mass is 35.5. The molecule has 1 amide bonds. The van der Waals surface area contributed by atoms with Crippen LogP contribution in [0.3, 0.4) is 0 Å². The number of alkyl halides is 1. The molecule has 0 bridgehead atoms. The third kappa shape index (κ3) is 2.81. The van der Waals surface area contributed by atoms with E-state index in [1.54, 1.807) is 7.11 Å². The number of carbonyl (C=O) groups excluding carboxylic acids is 1. The summed E-state index contributed by atoms with van der Waals surface area (Å²) in [5.41, 5.74) is 2.12. The van der Waals surface area contributed by atoms with Crippen molar-refractivity contribution in [2.75, 3.05) is 13.4 Å². The van der Waals surface area contributed by atoms with E-state index < -0.39 is 4.21 Å². The monoisotopic (exact) mass is 347 g/mol. The van der Waals surface area contributed by atoms with Gasteiger partial charge in [0.25, 0.3) is 5.91 Å². The van der Waals surface area contributed by atoms with Crippen LogP contribution in [-0.4, -0.2) is 28.4 Å².